The summed E-state index contributed by atoms with van der Waals surface area (Å²) >= 11 is 12.9. The fraction of sp³-hybridized carbons (Fsp3) is 0.458. The number of sulfonamides is 1. The molecule has 2 N–H and O–H groups in total. The van der Waals surface area contributed by atoms with Crippen LogP contribution >= 0.6 is 23.2 Å². The molecule has 1 saturated carbocycles. The van der Waals surface area contributed by atoms with Crippen LogP contribution in [0.2, 0.25) is 10.0 Å². The van der Waals surface area contributed by atoms with Crippen molar-refractivity contribution in [2.24, 2.45) is 5.92 Å². The lowest BCUT2D eigenvalue weighted by atomic mass is 9.59. The van der Waals surface area contributed by atoms with Crippen LogP contribution in [-0.2, 0) is 14.8 Å². The SMILES string of the molecule is CCS(=O)(=O)N[C@@]12CC[C@@H](c3ccc(C)cc3Cl)[C@H](c3ccc(Cl)cc3)[C@@H]1[C@@H](C)NC2=O. The second-order valence-electron chi connectivity index (χ2n) is 9.01. The minimum atomic E-state index is -3.61. The number of halogens is 2. The van der Waals surface area contributed by atoms with E-state index in [1.54, 1.807) is 6.92 Å². The van der Waals surface area contributed by atoms with Gasteiger partial charge in [-0.3, -0.25) is 4.79 Å². The van der Waals surface area contributed by atoms with Crippen molar-refractivity contribution in [3.05, 3.63) is 69.2 Å². The zero-order chi connectivity index (χ0) is 23.3. The molecule has 1 saturated heterocycles. The minimum absolute atomic E-state index is 0.0312. The summed E-state index contributed by atoms with van der Waals surface area (Å²) in [6.07, 6.45) is 1.03. The van der Waals surface area contributed by atoms with Crippen molar-refractivity contribution in [3.63, 3.8) is 0 Å². The number of benzene rings is 2. The van der Waals surface area contributed by atoms with Gasteiger partial charge in [-0.2, -0.15) is 4.72 Å². The first-order valence-corrected chi connectivity index (χ1v) is 13.3. The fourth-order valence-electron chi connectivity index (χ4n) is 5.64. The standard InChI is InChI=1S/C24H28Cl2N2O3S/c1-4-32(30,31)28-24-12-11-19(18-10-5-14(2)13-20(18)26)21(16-6-8-17(25)9-7-16)22(24)15(3)27-23(24)29/h5-10,13,15,19,21-22,28H,4,11-12H2,1-3H3,(H,27,29)/t15-,19+,21+,22+,24+/m1/s1. The molecule has 0 bridgehead atoms. The highest BCUT2D eigenvalue weighted by molar-refractivity contribution is 7.89. The number of nitrogens with one attached hydrogen (secondary N) is 2. The zero-order valence-corrected chi connectivity index (χ0v) is 20.7. The quantitative estimate of drug-likeness (QED) is 0.627. The van der Waals surface area contributed by atoms with Gasteiger partial charge in [-0.15, -0.1) is 0 Å². The lowest BCUT2D eigenvalue weighted by Gasteiger charge is -2.47. The Kier molecular flexibility index (Phi) is 6.36. The van der Waals surface area contributed by atoms with Crippen molar-refractivity contribution < 1.29 is 13.2 Å². The van der Waals surface area contributed by atoms with E-state index in [1.165, 1.54) is 0 Å². The number of rotatable bonds is 5. The third kappa shape index (κ3) is 4.07. The average molecular weight is 495 g/mol. The topological polar surface area (TPSA) is 75.3 Å². The molecule has 5 nitrogen and oxygen atoms in total. The van der Waals surface area contributed by atoms with E-state index in [1.807, 2.05) is 50.2 Å². The van der Waals surface area contributed by atoms with Crippen LogP contribution in [0.25, 0.3) is 0 Å². The molecule has 0 unspecified atom stereocenters. The maximum Gasteiger partial charge on any atom is 0.241 e. The Morgan fingerprint density at radius 1 is 1.16 bits per heavy atom. The van der Waals surface area contributed by atoms with Gasteiger partial charge in [-0.25, -0.2) is 8.42 Å². The van der Waals surface area contributed by atoms with E-state index in [0.29, 0.717) is 22.9 Å². The monoisotopic (exact) mass is 494 g/mol. The summed E-state index contributed by atoms with van der Waals surface area (Å²) in [6.45, 7) is 5.53. The van der Waals surface area contributed by atoms with Gasteiger partial charge in [0.05, 0.1) is 5.75 Å². The summed E-state index contributed by atoms with van der Waals surface area (Å²) in [4.78, 5) is 13.2. The Bertz CT molecular complexity index is 1140. The minimum Gasteiger partial charge on any atom is -0.352 e. The fourth-order valence-corrected chi connectivity index (χ4v) is 7.17. The summed E-state index contributed by atoms with van der Waals surface area (Å²) < 4.78 is 28.1. The molecule has 1 aliphatic carbocycles. The molecule has 2 aliphatic rings. The summed E-state index contributed by atoms with van der Waals surface area (Å²) in [5.74, 6) is -0.714. The van der Waals surface area contributed by atoms with Crippen molar-refractivity contribution in [2.45, 2.75) is 57.0 Å². The second kappa shape index (κ2) is 8.64. The molecule has 1 aliphatic heterocycles. The largest absolute Gasteiger partial charge is 0.352 e. The maximum atomic E-state index is 13.2. The smallest absolute Gasteiger partial charge is 0.241 e. The van der Waals surface area contributed by atoms with Gasteiger partial charge in [-0.05, 0) is 80.3 Å². The van der Waals surface area contributed by atoms with E-state index in [2.05, 4.69) is 16.1 Å². The molecule has 5 atom stereocenters. The Morgan fingerprint density at radius 2 is 1.84 bits per heavy atom. The first kappa shape index (κ1) is 23.6. The van der Waals surface area contributed by atoms with Gasteiger partial charge in [0.2, 0.25) is 15.9 Å². The second-order valence-corrected chi connectivity index (χ2v) is 11.9. The van der Waals surface area contributed by atoms with E-state index < -0.39 is 15.6 Å². The van der Waals surface area contributed by atoms with Gasteiger partial charge in [0.1, 0.15) is 5.54 Å². The molecule has 2 aromatic rings. The highest BCUT2D eigenvalue weighted by Crippen LogP contribution is 2.55. The van der Waals surface area contributed by atoms with Crippen LogP contribution in [0.1, 0.15) is 55.2 Å². The summed E-state index contributed by atoms with van der Waals surface area (Å²) in [6, 6.07) is 13.5. The summed E-state index contributed by atoms with van der Waals surface area (Å²) in [5.41, 5.74) is 1.93. The van der Waals surface area contributed by atoms with E-state index in [4.69, 9.17) is 23.2 Å². The third-order valence-corrected chi connectivity index (χ3v) is 9.08. The van der Waals surface area contributed by atoms with Gasteiger partial charge in [0.25, 0.3) is 0 Å². The molecule has 1 amide bonds. The molecule has 0 radical (unpaired) electrons. The molecule has 172 valence electrons. The molecule has 0 spiro atoms. The maximum absolute atomic E-state index is 13.2. The number of carbonyl (C=O) groups is 1. The highest BCUT2D eigenvalue weighted by atomic mass is 35.5. The predicted molar refractivity (Wildman–Crippen MR) is 129 cm³/mol. The van der Waals surface area contributed by atoms with E-state index in [0.717, 1.165) is 16.7 Å². The third-order valence-electron chi connectivity index (χ3n) is 7.07. The number of amides is 1. The van der Waals surface area contributed by atoms with Gasteiger partial charge < -0.3 is 5.32 Å². The van der Waals surface area contributed by atoms with Gasteiger partial charge in [0.15, 0.2) is 0 Å². The molecule has 2 fully saturated rings. The molecule has 4 rings (SSSR count). The Morgan fingerprint density at radius 3 is 2.47 bits per heavy atom. The highest BCUT2D eigenvalue weighted by Gasteiger charge is 2.61. The van der Waals surface area contributed by atoms with Gasteiger partial charge >= 0.3 is 0 Å². The molecule has 1 heterocycles. The Hall–Kier alpha value is -1.60. The van der Waals surface area contributed by atoms with Crippen LogP contribution in [0.3, 0.4) is 0 Å². The van der Waals surface area contributed by atoms with Crippen LogP contribution in [0.5, 0.6) is 0 Å². The van der Waals surface area contributed by atoms with Crippen molar-refractivity contribution in [2.75, 3.05) is 5.75 Å². The summed E-state index contributed by atoms with van der Waals surface area (Å²) in [7, 11) is -3.61. The number of hydrogen-bond acceptors (Lipinski definition) is 3. The molecular weight excluding hydrogens is 467 g/mol. The van der Waals surface area contributed by atoms with Crippen LogP contribution in [0.15, 0.2) is 42.5 Å². The molecule has 0 aromatic heterocycles. The van der Waals surface area contributed by atoms with Crippen LogP contribution < -0.4 is 10.0 Å². The number of hydrogen-bond donors (Lipinski definition) is 2. The molecule has 2 aromatic carbocycles. The number of aryl methyl sites for hydroxylation is 1. The summed E-state index contributed by atoms with van der Waals surface area (Å²) in [5, 5.41) is 4.35. The predicted octanol–water partition coefficient (Wildman–Crippen LogP) is 4.78. The Labute approximate surface area is 199 Å². The molecule has 8 heteroatoms. The van der Waals surface area contributed by atoms with Crippen LogP contribution in [-0.4, -0.2) is 31.7 Å². The molecular formula is C24H28Cl2N2O3S. The van der Waals surface area contributed by atoms with E-state index in [-0.39, 0.29) is 35.5 Å². The first-order chi connectivity index (χ1) is 15.1. The van der Waals surface area contributed by atoms with Crippen molar-refractivity contribution in [3.8, 4) is 0 Å². The number of carbonyl (C=O) groups excluding carboxylic acids is 1. The molecule has 32 heavy (non-hydrogen) atoms. The lowest BCUT2D eigenvalue weighted by Crippen LogP contribution is -2.61. The normalized spacial score (nSPS) is 30.1. The average Bonchev–Trinajstić information content (AvgIpc) is 2.98. The Balaban J connectivity index is 1.89. The van der Waals surface area contributed by atoms with Crippen LogP contribution in [0.4, 0.5) is 0 Å². The van der Waals surface area contributed by atoms with Crippen LogP contribution in [0, 0.1) is 12.8 Å². The lowest BCUT2D eigenvalue weighted by molar-refractivity contribution is -0.126. The van der Waals surface area contributed by atoms with E-state index >= 15 is 0 Å². The number of fused-ring (bicyclic) bond motifs is 1. The van der Waals surface area contributed by atoms with Crippen molar-refractivity contribution >= 4 is 39.1 Å². The van der Waals surface area contributed by atoms with E-state index in [9.17, 15) is 13.2 Å². The van der Waals surface area contributed by atoms with Gasteiger partial charge in [-0.1, -0.05) is 47.5 Å². The zero-order valence-electron chi connectivity index (χ0n) is 18.4. The van der Waals surface area contributed by atoms with Gasteiger partial charge in [0, 0.05) is 22.0 Å². The van der Waals surface area contributed by atoms with Crippen molar-refractivity contribution in [1.82, 2.24) is 10.0 Å². The van der Waals surface area contributed by atoms with Crippen molar-refractivity contribution in [1.29, 1.82) is 0 Å². The first-order valence-electron chi connectivity index (χ1n) is 10.9.